The highest BCUT2D eigenvalue weighted by molar-refractivity contribution is 9.10. The fourth-order valence-corrected chi connectivity index (χ4v) is 4.40. The van der Waals surface area contributed by atoms with Crippen LogP contribution in [0.4, 0.5) is 13.2 Å². The summed E-state index contributed by atoms with van der Waals surface area (Å²) in [5, 5.41) is 0. The first-order valence-electron chi connectivity index (χ1n) is 11.0. The van der Waals surface area contributed by atoms with Crippen molar-refractivity contribution in [2.45, 2.75) is 25.7 Å². The van der Waals surface area contributed by atoms with Crippen molar-refractivity contribution >= 4 is 15.9 Å². The van der Waals surface area contributed by atoms with E-state index in [1.54, 1.807) is 0 Å². The molecule has 0 fully saturated rings. The van der Waals surface area contributed by atoms with Crippen molar-refractivity contribution in [2.75, 3.05) is 6.54 Å². The quantitative estimate of drug-likeness (QED) is 0.353. The van der Waals surface area contributed by atoms with Gasteiger partial charge in [0.2, 0.25) is 0 Å². The lowest BCUT2D eigenvalue weighted by Crippen LogP contribution is -2.35. The lowest BCUT2D eigenvalue weighted by molar-refractivity contribution is -0.137. The average Bonchev–Trinajstić information content (AvgIpc) is 2.85. The molecule has 0 radical (unpaired) electrons. The maximum Gasteiger partial charge on any atom is 0.416 e. The number of hydrogen-bond donors (Lipinski definition) is 1. The van der Waals surface area contributed by atoms with Crippen molar-refractivity contribution in [3.05, 3.63) is 104 Å². The molecule has 3 heterocycles. The van der Waals surface area contributed by atoms with Crippen LogP contribution in [0.5, 0.6) is 0 Å². The van der Waals surface area contributed by atoms with E-state index in [0.717, 1.165) is 33.4 Å². The maximum absolute atomic E-state index is 12.8. The van der Waals surface area contributed by atoms with Crippen LogP contribution in [-0.4, -0.2) is 26.4 Å². The monoisotopic (exact) mass is 540 g/mol. The fraction of sp³-hybridized carbons (Fsp3) is 0.192. The predicted molar refractivity (Wildman–Crippen MR) is 130 cm³/mol. The third kappa shape index (κ3) is 5.21. The molecule has 0 bridgehead atoms. The Kier molecular flexibility index (Phi) is 6.29. The molecule has 0 saturated heterocycles. The highest BCUT2D eigenvalue weighted by atomic mass is 79.9. The van der Waals surface area contributed by atoms with Gasteiger partial charge in [-0.1, -0.05) is 46.3 Å². The Hall–Kier alpha value is -3.30. The zero-order chi connectivity index (χ0) is 24.6. The Bertz CT molecular complexity index is 1400. The van der Waals surface area contributed by atoms with Gasteiger partial charge >= 0.3 is 6.18 Å². The molecule has 0 spiro atoms. The molecule has 178 valence electrons. The van der Waals surface area contributed by atoms with Crippen molar-refractivity contribution in [3.8, 4) is 22.6 Å². The molecule has 0 saturated carbocycles. The molecule has 1 N–H and O–H groups in total. The molecule has 1 aliphatic heterocycles. The van der Waals surface area contributed by atoms with Crippen LogP contribution in [0.1, 0.15) is 22.4 Å². The summed E-state index contributed by atoms with van der Waals surface area (Å²) in [5.74, 6) is 0.281. The van der Waals surface area contributed by atoms with Crippen LogP contribution < -0.4 is 5.56 Å². The van der Waals surface area contributed by atoms with Gasteiger partial charge in [-0.3, -0.25) is 14.7 Å². The van der Waals surface area contributed by atoms with E-state index in [2.05, 4.69) is 35.8 Å². The Morgan fingerprint density at radius 3 is 2.34 bits per heavy atom. The lowest BCUT2D eigenvalue weighted by Gasteiger charge is -2.27. The zero-order valence-corrected chi connectivity index (χ0v) is 20.0. The van der Waals surface area contributed by atoms with E-state index < -0.39 is 11.7 Å². The average molecular weight is 541 g/mol. The molecule has 2 aromatic heterocycles. The number of benzene rings is 2. The van der Waals surface area contributed by atoms with Gasteiger partial charge in [-0.2, -0.15) is 13.2 Å². The van der Waals surface area contributed by atoms with Gasteiger partial charge in [-0.05, 0) is 35.9 Å². The van der Waals surface area contributed by atoms with Crippen molar-refractivity contribution in [3.63, 3.8) is 0 Å². The summed E-state index contributed by atoms with van der Waals surface area (Å²) in [6.45, 7) is 1.80. The summed E-state index contributed by atoms with van der Waals surface area (Å²) in [5.41, 5.74) is 3.68. The predicted octanol–water partition coefficient (Wildman–Crippen LogP) is 5.84. The van der Waals surface area contributed by atoms with Crippen molar-refractivity contribution in [1.29, 1.82) is 0 Å². The van der Waals surface area contributed by atoms with E-state index in [4.69, 9.17) is 0 Å². The zero-order valence-electron chi connectivity index (χ0n) is 18.4. The van der Waals surface area contributed by atoms with Crippen LogP contribution >= 0.6 is 15.9 Å². The molecule has 5 nitrogen and oxygen atoms in total. The van der Waals surface area contributed by atoms with Gasteiger partial charge in [-0.25, -0.2) is 4.98 Å². The second kappa shape index (κ2) is 9.39. The van der Waals surface area contributed by atoms with Crippen LogP contribution in [0, 0.1) is 0 Å². The number of nitrogens with one attached hydrogen (secondary N) is 1. The number of nitrogens with zero attached hydrogens (tertiary/aromatic N) is 3. The molecular formula is C26H20BrF3N4O. The number of H-pyrrole nitrogens is 1. The van der Waals surface area contributed by atoms with E-state index in [9.17, 15) is 18.0 Å². The molecule has 0 amide bonds. The standard InChI is InChI=1S/C26H20BrF3N4O/c27-20-8-4-17(5-9-20)22-10-1-16(13-31-22)14-34-12-11-23-21(15-34)25(35)33-24(32-23)18-2-6-19(7-3-18)26(28,29)30/h1-10,13H,11-12,14-15H2,(H,32,33,35). The molecule has 0 atom stereocenters. The van der Waals surface area contributed by atoms with E-state index in [0.29, 0.717) is 42.9 Å². The second-order valence-corrected chi connectivity index (χ2v) is 9.35. The number of fused-ring (bicyclic) bond motifs is 1. The highest BCUT2D eigenvalue weighted by Gasteiger charge is 2.30. The first-order chi connectivity index (χ1) is 16.8. The third-order valence-electron chi connectivity index (χ3n) is 6.00. The summed E-state index contributed by atoms with van der Waals surface area (Å²) in [6.07, 6.45) is -1.98. The van der Waals surface area contributed by atoms with Crippen LogP contribution in [0.15, 0.2) is 76.1 Å². The van der Waals surface area contributed by atoms with Gasteiger partial charge < -0.3 is 4.98 Å². The number of hydrogen-bond acceptors (Lipinski definition) is 4. The summed E-state index contributed by atoms with van der Waals surface area (Å²) in [6, 6.07) is 16.6. The summed E-state index contributed by atoms with van der Waals surface area (Å²) >= 11 is 3.43. The third-order valence-corrected chi connectivity index (χ3v) is 6.53. The number of aromatic nitrogens is 3. The fourth-order valence-electron chi connectivity index (χ4n) is 4.14. The van der Waals surface area contributed by atoms with Gasteiger partial charge in [0, 0.05) is 47.9 Å². The molecule has 9 heteroatoms. The number of aromatic amines is 1. The first-order valence-corrected chi connectivity index (χ1v) is 11.8. The number of rotatable bonds is 4. The molecule has 0 unspecified atom stereocenters. The minimum Gasteiger partial charge on any atom is -0.306 e. The normalized spacial score (nSPS) is 14.1. The first kappa shape index (κ1) is 23.4. The topological polar surface area (TPSA) is 61.9 Å². The Morgan fingerprint density at radius 1 is 0.971 bits per heavy atom. The molecule has 2 aromatic carbocycles. The highest BCUT2D eigenvalue weighted by Crippen LogP contribution is 2.30. The minimum absolute atomic E-state index is 0.265. The molecule has 5 rings (SSSR count). The SMILES string of the molecule is O=c1[nH]c(-c2ccc(C(F)(F)F)cc2)nc2c1CN(Cc1ccc(-c3ccc(Br)cc3)nc1)CC2. The Morgan fingerprint density at radius 2 is 1.69 bits per heavy atom. The van der Waals surface area contributed by atoms with Gasteiger partial charge in [0.05, 0.1) is 22.5 Å². The van der Waals surface area contributed by atoms with Crippen molar-refractivity contribution in [2.24, 2.45) is 0 Å². The molecule has 1 aliphatic rings. The van der Waals surface area contributed by atoms with E-state index in [-0.39, 0.29) is 11.4 Å². The smallest absolute Gasteiger partial charge is 0.306 e. The van der Waals surface area contributed by atoms with Gasteiger partial charge in [0.25, 0.3) is 5.56 Å². The Balaban J connectivity index is 1.29. The lowest BCUT2D eigenvalue weighted by atomic mass is 10.0. The largest absolute Gasteiger partial charge is 0.416 e. The summed E-state index contributed by atoms with van der Waals surface area (Å²) in [4.78, 5) is 26.8. The van der Waals surface area contributed by atoms with E-state index in [1.165, 1.54) is 12.1 Å². The number of halogens is 4. The summed E-state index contributed by atoms with van der Waals surface area (Å²) < 4.78 is 39.5. The number of pyridine rings is 1. The molecular weight excluding hydrogens is 521 g/mol. The van der Waals surface area contributed by atoms with Crippen molar-refractivity contribution in [1.82, 2.24) is 19.9 Å². The van der Waals surface area contributed by atoms with Crippen LogP contribution in [-0.2, 0) is 25.7 Å². The van der Waals surface area contributed by atoms with Gasteiger partial charge in [0.1, 0.15) is 5.82 Å². The second-order valence-electron chi connectivity index (χ2n) is 8.43. The summed E-state index contributed by atoms with van der Waals surface area (Å²) in [7, 11) is 0. The van der Waals surface area contributed by atoms with Crippen LogP contribution in [0.25, 0.3) is 22.6 Å². The van der Waals surface area contributed by atoms with E-state index >= 15 is 0 Å². The van der Waals surface area contributed by atoms with E-state index in [1.807, 2.05) is 42.6 Å². The maximum atomic E-state index is 12.8. The van der Waals surface area contributed by atoms with Crippen molar-refractivity contribution < 1.29 is 13.2 Å². The number of alkyl halides is 3. The van der Waals surface area contributed by atoms with Crippen LogP contribution in [0.3, 0.4) is 0 Å². The van der Waals surface area contributed by atoms with Crippen LogP contribution in [0.2, 0.25) is 0 Å². The van der Waals surface area contributed by atoms with Gasteiger partial charge in [0.15, 0.2) is 0 Å². The Labute approximate surface area is 207 Å². The molecule has 35 heavy (non-hydrogen) atoms. The van der Waals surface area contributed by atoms with Gasteiger partial charge in [-0.15, -0.1) is 0 Å². The molecule has 4 aromatic rings. The molecule has 0 aliphatic carbocycles. The minimum atomic E-state index is -4.41.